The monoisotopic (exact) mass is 284 g/mol. The van der Waals surface area contributed by atoms with Crippen molar-refractivity contribution in [3.63, 3.8) is 0 Å². The number of aromatic nitrogens is 3. The maximum absolute atomic E-state index is 11.2. The summed E-state index contributed by atoms with van der Waals surface area (Å²) in [5, 5.41) is 25.1. The van der Waals surface area contributed by atoms with E-state index in [0.29, 0.717) is 11.6 Å². The highest BCUT2D eigenvalue weighted by Gasteiger charge is 2.77. The largest absolute Gasteiger partial charge is 0.481 e. The molecule has 0 bridgehead atoms. The summed E-state index contributed by atoms with van der Waals surface area (Å²) in [6.07, 6.45) is 1.70. The molecule has 8 nitrogen and oxygen atoms in total. The lowest BCUT2D eigenvalue weighted by Crippen LogP contribution is -2.39. The Morgan fingerprint density at radius 3 is 2.74 bits per heavy atom. The Morgan fingerprint density at radius 1 is 1.47 bits per heavy atom. The Bertz CT molecular complexity index is 536. The van der Waals surface area contributed by atoms with Crippen LogP contribution in [0.2, 0.25) is 0 Å². The molecule has 3 rings (SSSR count). The fourth-order valence-corrected chi connectivity index (χ4v) is 4.55. The zero-order chi connectivity index (χ0) is 13.8. The van der Waals surface area contributed by atoms with Gasteiger partial charge in [0.05, 0.1) is 11.8 Å². The molecule has 0 aliphatic heterocycles. The highest BCUT2D eigenvalue weighted by molar-refractivity contribution is 7.99. The average molecular weight is 284 g/mol. The number of aliphatic carboxylic acids is 2. The van der Waals surface area contributed by atoms with E-state index < -0.39 is 29.3 Å². The molecule has 0 saturated heterocycles. The number of aromatic amines is 1. The van der Waals surface area contributed by atoms with Gasteiger partial charge in [0, 0.05) is 16.7 Å². The molecule has 5 N–H and O–H groups in total. The number of carboxylic acid groups (broad SMARTS) is 2. The molecule has 19 heavy (non-hydrogen) atoms. The van der Waals surface area contributed by atoms with E-state index in [1.165, 1.54) is 18.1 Å². The van der Waals surface area contributed by atoms with Gasteiger partial charge in [-0.15, -0.1) is 0 Å². The number of thioether (sulfide) groups is 1. The van der Waals surface area contributed by atoms with Crippen LogP contribution in [-0.4, -0.2) is 48.1 Å². The molecular weight excluding hydrogens is 272 g/mol. The van der Waals surface area contributed by atoms with Crippen molar-refractivity contribution >= 4 is 23.7 Å². The summed E-state index contributed by atoms with van der Waals surface area (Å²) in [6.45, 7) is 0. The van der Waals surface area contributed by atoms with Crippen molar-refractivity contribution in [2.75, 3.05) is 0 Å². The van der Waals surface area contributed by atoms with Gasteiger partial charge in [0.1, 0.15) is 6.33 Å². The van der Waals surface area contributed by atoms with Crippen LogP contribution in [-0.2, 0) is 9.59 Å². The normalized spacial score (nSPS) is 39.8. The van der Waals surface area contributed by atoms with Gasteiger partial charge in [-0.2, -0.15) is 5.10 Å². The van der Waals surface area contributed by atoms with Crippen LogP contribution in [0.15, 0.2) is 11.5 Å². The predicted molar refractivity (Wildman–Crippen MR) is 63.3 cm³/mol. The lowest BCUT2D eigenvalue weighted by molar-refractivity contribution is -0.144. The van der Waals surface area contributed by atoms with E-state index in [-0.39, 0.29) is 11.2 Å². The highest BCUT2D eigenvalue weighted by atomic mass is 32.2. The van der Waals surface area contributed by atoms with Gasteiger partial charge >= 0.3 is 11.9 Å². The first-order chi connectivity index (χ1) is 8.96. The Labute approximate surface area is 111 Å². The van der Waals surface area contributed by atoms with Gasteiger partial charge in [-0.1, -0.05) is 11.8 Å². The van der Waals surface area contributed by atoms with Crippen molar-refractivity contribution in [1.82, 2.24) is 15.2 Å². The van der Waals surface area contributed by atoms with Crippen LogP contribution in [0, 0.1) is 17.8 Å². The maximum atomic E-state index is 11.2. The molecule has 2 aliphatic carbocycles. The minimum absolute atomic E-state index is 0.167. The average Bonchev–Trinajstić information content (AvgIpc) is 2.66. The van der Waals surface area contributed by atoms with Crippen LogP contribution in [0.25, 0.3) is 0 Å². The standard InChI is InChI=1S/C10H12N4O4S/c11-10-3(7(15)16)1-4(5(10)6(10)8(17)18)19-9-12-2-13-14-9/h2-6H,1,11H2,(H,15,16)(H,17,18)(H,12,13,14). The second kappa shape index (κ2) is 3.94. The third-order valence-corrected chi connectivity index (χ3v) is 5.27. The number of nitrogens with one attached hydrogen (secondary N) is 1. The van der Waals surface area contributed by atoms with E-state index in [1.807, 2.05) is 0 Å². The van der Waals surface area contributed by atoms with E-state index in [9.17, 15) is 14.7 Å². The number of fused-ring (bicyclic) bond motifs is 1. The lowest BCUT2D eigenvalue weighted by atomic mass is 9.95. The van der Waals surface area contributed by atoms with Gasteiger partial charge < -0.3 is 15.9 Å². The molecule has 0 amide bonds. The molecular formula is C10H12N4O4S. The summed E-state index contributed by atoms with van der Waals surface area (Å²) in [7, 11) is 0. The van der Waals surface area contributed by atoms with Crippen LogP contribution in [0.4, 0.5) is 0 Å². The molecule has 0 radical (unpaired) electrons. The number of hydrogen-bond donors (Lipinski definition) is 4. The van der Waals surface area contributed by atoms with Gasteiger partial charge in [0.25, 0.3) is 0 Å². The van der Waals surface area contributed by atoms with Crippen LogP contribution >= 0.6 is 11.8 Å². The van der Waals surface area contributed by atoms with E-state index in [2.05, 4.69) is 15.2 Å². The zero-order valence-corrected chi connectivity index (χ0v) is 10.5. The van der Waals surface area contributed by atoms with Crippen LogP contribution < -0.4 is 5.73 Å². The van der Waals surface area contributed by atoms with Crippen LogP contribution in [0.3, 0.4) is 0 Å². The number of carbonyl (C=O) groups is 2. The molecule has 102 valence electrons. The van der Waals surface area contributed by atoms with Gasteiger partial charge in [0.15, 0.2) is 5.16 Å². The number of nitrogens with zero attached hydrogens (tertiary/aromatic N) is 2. The smallest absolute Gasteiger partial charge is 0.308 e. The first-order valence-electron chi connectivity index (χ1n) is 5.72. The molecule has 0 spiro atoms. The second-order valence-corrected chi connectivity index (χ2v) is 6.14. The molecule has 2 fully saturated rings. The molecule has 1 heterocycles. The molecule has 1 aromatic heterocycles. The summed E-state index contributed by atoms with van der Waals surface area (Å²) in [5.41, 5.74) is 4.91. The molecule has 5 unspecified atom stereocenters. The lowest BCUT2D eigenvalue weighted by Gasteiger charge is -2.17. The molecule has 1 aromatic rings. The number of carboxylic acids is 2. The Morgan fingerprint density at radius 2 is 2.21 bits per heavy atom. The van der Waals surface area contributed by atoms with Gasteiger partial charge in [0.2, 0.25) is 0 Å². The Kier molecular flexibility index (Phi) is 2.58. The molecule has 2 saturated carbocycles. The SMILES string of the molecule is NC12C(C(=O)O)CC(Sc3ncn[nH]3)C1C2C(=O)O. The van der Waals surface area contributed by atoms with E-state index in [1.54, 1.807) is 0 Å². The van der Waals surface area contributed by atoms with Gasteiger partial charge in [-0.05, 0) is 6.42 Å². The van der Waals surface area contributed by atoms with Crippen LogP contribution in [0.1, 0.15) is 6.42 Å². The van der Waals surface area contributed by atoms with Gasteiger partial charge in [-0.3, -0.25) is 14.7 Å². The minimum atomic E-state index is -1.13. The van der Waals surface area contributed by atoms with Crippen molar-refractivity contribution in [1.29, 1.82) is 0 Å². The van der Waals surface area contributed by atoms with Crippen molar-refractivity contribution < 1.29 is 19.8 Å². The third-order valence-electron chi connectivity index (χ3n) is 4.06. The first-order valence-corrected chi connectivity index (χ1v) is 6.60. The Hall–Kier alpha value is -1.61. The highest BCUT2D eigenvalue weighted by Crippen LogP contribution is 2.65. The number of hydrogen-bond acceptors (Lipinski definition) is 6. The summed E-state index contributed by atoms with van der Waals surface area (Å²) in [4.78, 5) is 26.4. The maximum Gasteiger partial charge on any atom is 0.308 e. The minimum Gasteiger partial charge on any atom is -0.481 e. The topological polar surface area (TPSA) is 142 Å². The summed E-state index contributed by atoms with van der Waals surface area (Å²) < 4.78 is 0. The van der Waals surface area contributed by atoms with Crippen molar-refractivity contribution in [2.24, 2.45) is 23.5 Å². The predicted octanol–water partition coefficient (Wildman–Crippen LogP) is -0.602. The number of H-pyrrole nitrogens is 1. The third kappa shape index (κ3) is 1.65. The fourth-order valence-electron chi connectivity index (χ4n) is 3.22. The number of rotatable bonds is 4. The summed E-state index contributed by atoms with van der Waals surface area (Å²) >= 11 is 1.31. The fraction of sp³-hybridized carbons (Fsp3) is 0.600. The quantitative estimate of drug-likeness (QED) is 0.574. The molecule has 9 heteroatoms. The summed E-state index contributed by atoms with van der Waals surface area (Å²) in [6, 6.07) is 0. The Balaban J connectivity index is 1.84. The van der Waals surface area contributed by atoms with Crippen molar-refractivity contribution in [2.45, 2.75) is 22.4 Å². The first kappa shape index (κ1) is 12.4. The van der Waals surface area contributed by atoms with E-state index in [0.717, 1.165) is 0 Å². The van der Waals surface area contributed by atoms with Crippen LogP contribution in [0.5, 0.6) is 0 Å². The van der Waals surface area contributed by atoms with Crippen molar-refractivity contribution in [3.8, 4) is 0 Å². The van der Waals surface area contributed by atoms with E-state index in [4.69, 9.17) is 10.8 Å². The second-order valence-electron chi connectivity index (χ2n) is 4.92. The van der Waals surface area contributed by atoms with Crippen molar-refractivity contribution in [3.05, 3.63) is 6.33 Å². The molecule has 5 atom stereocenters. The van der Waals surface area contributed by atoms with E-state index >= 15 is 0 Å². The molecule has 0 aromatic carbocycles. The number of nitrogens with two attached hydrogens (primary N) is 1. The summed E-state index contributed by atoms with van der Waals surface area (Å²) in [5.74, 6) is -4.00. The molecule has 2 aliphatic rings. The van der Waals surface area contributed by atoms with Gasteiger partial charge in [-0.25, -0.2) is 4.98 Å². The zero-order valence-electron chi connectivity index (χ0n) is 9.68.